The van der Waals surface area contributed by atoms with Crippen LogP contribution in [0.5, 0.6) is 11.5 Å². The monoisotopic (exact) mass is 1120 g/mol. The molecule has 0 amide bonds. The van der Waals surface area contributed by atoms with Crippen LogP contribution in [0.25, 0.3) is 72.6 Å². The molecule has 84 heavy (non-hydrogen) atoms. The number of aromatic carboxylic acids is 2. The number of esters is 1. The van der Waals surface area contributed by atoms with Crippen LogP contribution >= 0.6 is 0 Å². The summed E-state index contributed by atoms with van der Waals surface area (Å²) in [6, 6.07) is 51.8. The minimum atomic E-state index is -1.79. The van der Waals surface area contributed by atoms with Crippen LogP contribution in [-0.4, -0.2) is 66.5 Å². The highest BCUT2D eigenvalue weighted by atomic mass is 16.6. The van der Waals surface area contributed by atoms with Gasteiger partial charge in [0.25, 0.3) is 5.56 Å². The van der Waals surface area contributed by atoms with Crippen LogP contribution in [0.15, 0.2) is 169 Å². The summed E-state index contributed by atoms with van der Waals surface area (Å²) in [5.74, 6) is -4.42. The number of hydrogen-bond donors (Lipinski definition) is 4. The van der Waals surface area contributed by atoms with Gasteiger partial charge in [0.15, 0.2) is 5.60 Å². The highest BCUT2D eigenvalue weighted by Crippen LogP contribution is 2.40. The molecule has 1 atom stereocenters. The molecule has 4 aromatic heterocycles. The minimum absolute atomic E-state index is 0.103. The van der Waals surface area contributed by atoms with Crippen molar-refractivity contribution in [2.75, 3.05) is 19.0 Å². The van der Waals surface area contributed by atoms with Crippen molar-refractivity contribution in [3.05, 3.63) is 236 Å². The highest BCUT2D eigenvalue weighted by Gasteiger charge is 2.45. The Morgan fingerprint density at radius 2 is 1.39 bits per heavy atom. The Labute approximate surface area is 483 Å². The van der Waals surface area contributed by atoms with Crippen molar-refractivity contribution in [3.8, 4) is 28.6 Å². The van der Waals surface area contributed by atoms with Crippen LogP contribution < -0.4 is 20.1 Å². The van der Waals surface area contributed by atoms with Crippen LogP contribution in [0.4, 0.5) is 5.69 Å². The zero-order valence-corrected chi connectivity index (χ0v) is 47.0. The number of hydrogen-bond acceptors (Lipinski definition) is 10. The van der Waals surface area contributed by atoms with E-state index in [9.17, 15) is 44.7 Å². The Hall–Kier alpha value is -10.4. The number of anilines is 1. The number of aryl methyl sites for hydroxylation is 2. The molecule has 0 aliphatic carbocycles. The van der Waals surface area contributed by atoms with Gasteiger partial charge in [-0.05, 0) is 126 Å². The molecular weight excluding hydrogens is 1060 g/mol. The number of carboxylic acids is 2. The van der Waals surface area contributed by atoms with Gasteiger partial charge in [-0.3, -0.25) is 4.79 Å². The zero-order valence-electron chi connectivity index (χ0n) is 47.0. The van der Waals surface area contributed by atoms with Gasteiger partial charge in [0.2, 0.25) is 11.2 Å². The number of nitrogens with zero attached hydrogens (tertiary/aromatic N) is 5. The quantitative estimate of drug-likeness (QED) is 0.0785. The Kier molecular flexibility index (Phi) is 14.7. The number of carbonyl (C=O) groups is 3. The molecule has 15 nitrogen and oxygen atoms in total. The number of ether oxygens (including phenoxy) is 1. The van der Waals surface area contributed by atoms with E-state index in [4.69, 9.17) is 9.72 Å². The third kappa shape index (κ3) is 9.93. The van der Waals surface area contributed by atoms with Gasteiger partial charge >= 0.3 is 17.9 Å². The van der Waals surface area contributed by atoms with Gasteiger partial charge in [0.1, 0.15) is 25.0 Å². The largest absolute Gasteiger partial charge is 0.872 e. The summed E-state index contributed by atoms with van der Waals surface area (Å²) in [5, 5.41) is 57.9. The van der Waals surface area contributed by atoms with E-state index in [1.165, 1.54) is 57.1 Å². The summed E-state index contributed by atoms with van der Waals surface area (Å²) in [7, 11) is 6.28. The number of aliphatic hydroxyl groups is 1. The lowest BCUT2D eigenvalue weighted by atomic mass is 9.86. The van der Waals surface area contributed by atoms with Crippen molar-refractivity contribution in [2.45, 2.75) is 52.4 Å². The van der Waals surface area contributed by atoms with Crippen molar-refractivity contribution in [3.63, 3.8) is 0 Å². The molecule has 0 saturated carbocycles. The molecular formula is C69H59N5O10. The van der Waals surface area contributed by atoms with Crippen molar-refractivity contribution < 1.29 is 49.2 Å². The summed E-state index contributed by atoms with van der Waals surface area (Å²) >= 11 is 0. The average molecular weight is 1120 g/mol. The number of carboxylic acid groups (broad SMARTS) is 2. The molecule has 0 bridgehead atoms. The van der Waals surface area contributed by atoms with E-state index in [0.29, 0.717) is 44.9 Å². The van der Waals surface area contributed by atoms with Crippen molar-refractivity contribution in [2.24, 2.45) is 7.05 Å². The maximum absolute atomic E-state index is 13.0. The van der Waals surface area contributed by atoms with E-state index >= 15 is 0 Å². The summed E-state index contributed by atoms with van der Waals surface area (Å²) in [5.41, 5.74) is 10.2. The maximum atomic E-state index is 13.0. The Balaban J connectivity index is 0.000000132. The molecule has 7 aromatic carbocycles. The number of cyclic esters (lactones) is 1. The zero-order chi connectivity index (χ0) is 59.3. The highest BCUT2D eigenvalue weighted by molar-refractivity contribution is 6.02. The molecule has 15 heteroatoms. The normalized spacial score (nSPS) is 14.1. The van der Waals surface area contributed by atoms with E-state index in [-0.39, 0.29) is 47.3 Å². The molecule has 0 radical (unpaired) electrons. The van der Waals surface area contributed by atoms with Gasteiger partial charge in [-0.2, -0.15) is 4.57 Å². The first-order valence-corrected chi connectivity index (χ1v) is 27.4. The van der Waals surface area contributed by atoms with Crippen LogP contribution in [-0.2, 0) is 41.8 Å². The summed E-state index contributed by atoms with van der Waals surface area (Å²) in [6.07, 6.45) is 4.46. The number of para-hydroxylation sites is 2. The number of benzene rings is 7. The van der Waals surface area contributed by atoms with Crippen LogP contribution in [0, 0.1) is 13.8 Å². The number of rotatable bonds is 9. The predicted molar refractivity (Wildman–Crippen MR) is 324 cm³/mol. The number of phenols is 1. The lowest BCUT2D eigenvalue weighted by molar-refractivity contribution is -0.646. The van der Waals surface area contributed by atoms with Crippen molar-refractivity contribution >= 4 is 79.1 Å². The summed E-state index contributed by atoms with van der Waals surface area (Å²) < 4.78 is 11.3. The van der Waals surface area contributed by atoms with E-state index in [0.717, 1.165) is 22.2 Å². The van der Waals surface area contributed by atoms with Gasteiger partial charge < -0.3 is 44.3 Å². The Morgan fingerprint density at radius 1 is 0.750 bits per heavy atom. The lowest BCUT2D eigenvalue weighted by Gasteiger charge is -2.31. The van der Waals surface area contributed by atoms with Crippen LogP contribution in [0.3, 0.4) is 0 Å². The first kappa shape index (κ1) is 55.5. The fraction of sp³-hybridized carbons (Fsp3) is 0.159. The number of aromatic nitrogens is 4. The molecule has 0 fully saturated rings. The Morgan fingerprint density at radius 3 is 2.07 bits per heavy atom. The number of fused-ring (bicyclic) bond motifs is 8. The molecule has 2 aliphatic rings. The average Bonchev–Trinajstić information content (AvgIpc) is 3.25. The van der Waals surface area contributed by atoms with Gasteiger partial charge in [-0.25, -0.2) is 19.4 Å². The molecule has 0 saturated heterocycles. The second kappa shape index (κ2) is 22.2. The topological polar surface area (TPSA) is 211 Å². The molecule has 0 spiro atoms. The smallest absolute Gasteiger partial charge is 0.343 e. The number of pyridine rings is 3. The maximum Gasteiger partial charge on any atom is 0.343 e. The van der Waals surface area contributed by atoms with E-state index in [1.807, 2.05) is 30.3 Å². The first-order chi connectivity index (χ1) is 40.4. The molecule has 13 rings (SSSR count). The molecule has 420 valence electrons. The van der Waals surface area contributed by atoms with Crippen LogP contribution in [0.2, 0.25) is 0 Å². The van der Waals surface area contributed by atoms with Gasteiger partial charge in [0, 0.05) is 89.0 Å². The van der Waals surface area contributed by atoms with Crippen molar-refractivity contribution in [1.29, 1.82) is 0 Å². The van der Waals surface area contributed by atoms with Gasteiger partial charge in [-0.1, -0.05) is 97.6 Å². The lowest BCUT2D eigenvalue weighted by Crippen LogP contribution is -2.44. The molecule has 2 aliphatic heterocycles. The van der Waals surface area contributed by atoms with Crippen molar-refractivity contribution in [1.82, 2.24) is 14.1 Å². The SMILES string of the molecule is CCC1(O)C(=O)OCc2c1cc1n(c2=O)Cc2cc3ccccc3nc2-1.Cc1cc(C=Cc2ccc3cc(N(C)C)ccc3[n+]2C)c(C)n1-c1ccccc1.O=C(O)c1cc2ccccc2c(Cc2c(O)c(C(=O)O)cc3ccccc23)c1[O-]. The van der Waals surface area contributed by atoms with Crippen LogP contribution in [0.1, 0.15) is 84.5 Å². The van der Waals surface area contributed by atoms with Gasteiger partial charge in [0.05, 0.1) is 34.6 Å². The second-order valence-electron chi connectivity index (χ2n) is 21.3. The predicted octanol–water partition coefficient (Wildman–Crippen LogP) is 11.1. The first-order valence-electron chi connectivity index (χ1n) is 27.4. The van der Waals surface area contributed by atoms with Gasteiger partial charge in [-0.15, -0.1) is 0 Å². The molecule has 4 N–H and O–H groups in total. The standard InChI is InChI=1S/C26H28N3.C23H16O6.C20H16N2O4/c1-19-17-21(20(2)29(19)24-9-7-6-8-10-24)11-13-23-14-12-22-18-25(27(3)4)15-16-26(22)28(23)5;24-20-16(14-7-3-1-5-12(14)9-18(20)22(26)27)11-17-15-8-4-2-6-13(15)10-19(21(17)25)23(28)29;1-2-20(25)14-8-16-17-12(7-11-5-3-4-6-15(11)21-17)9-22(16)18(23)13(14)10-26-19(20)24/h6-18H,1-5H3;1-10,24-25H,11H2,(H,26,27)(H,28,29);3-8,25H,2,9-10H2,1H3/q+1;;/p-1. The summed E-state index contributed by atoms with van der Waals surface area (Å²) in [4.78, 5) is 55.2. The van der Waals surface area contributed by atoms with E-state index in [1.54, 1.807) is 66.1 Å². The fourth-order valence-corrected chi connectivity index (χ4v) is 11.6. The fourth-order valence-electron chi connectivity index (χ4n) is 11.6. The third-order valence-corrected chi connectivity index (χ3v) is 16.1. The minimum Gasteiger partial charge on any atom is -0.872 e. The number of aromatic hydroxyl groups is 1. The van der Waals surface area contributed by atoms with E-state index < -0.39 is 35.0 Å². The third-order valence-electron chi connectivity index (χ3n) is 16.1. The molecule has 6 heterocycles. The second-order valence-corrected chi connectivity index (χ2v) is 21.3. The molecule has 11 aromatic rings. The number of carbonyl (C=O) groups excluding carboxylic acids is 1. The Bertz CT molecular complexity index is 4500. The summed E-state index contributed by atoms with van der Waals surface area (Å²) in [6.45, 7) is 6.36. The molecule has 1 unspecified atom stereocenters. The van der Waals surface area contributed by atoms with E-state index in [2.05, 4.69) is 128 Å².